The molecule has 3 rings (SSSR count). The third-order valence-corrected chi connectivity index (χ3v) is 4.01. The predicted molar refractivity (Wildman–Crippen MR) is 84.3 cm³/mol. The second-order valence-corrected chi connectivity index (χ2v) is 5.86. The van der Waals surface area contributed by atoms with Crippen LogP contribution in [0.3, 0.4) is 0 Å². The molecule has 0 bridgehead atoms. The molecule has 7 heteroatoms. The van der Waals surface area contributed by atoms with Crippen molar-refractivity contribution in [3.05, 3.63) is 51.5 Å². The summed E-state index contributed by atoms with van der Waals surface area (Å²) in [5.41, 5.74) is 0.454. The van der Waals surface area contributed by atoms with E-state index in [-0.39, 0.29) is 22.7 Å². The van der Waals surface area contributed by atoms with Crippen LogP contribution in [0.25, 0.3) is 0 Å². The van der Waals surface area contributed by atoms with E-state index in [0.29, 0.717) is 23.1 Å². The minimum atomic E-state index is -0.734. The lowest BCUT2D eigenvalue weighted by molar-refractivity contribution is 0.0601. The van der Waals surface area contributed by atoms with Crippen LogP contribution < -0.4 is 10.1 Å². The van der Waals surface area contributed by atoms with Gasteiger partial charge in [0.15, 0.2) is 11.6 Å². The molecule has 2 aromatic carbocycles. The number of esters is 1. The smallest absolute Gasteiger partial charge is 0.340 e. The zero-order chi connectivity index (χ0) is 16.6. The second kappa shape index (κ2) is 6.16. The number of anilines is 2. The highest BCUT2D eigenvalue weighted by atomic mass is 79.9. The third-order valence-electron chi connectivity index (χ3n) is 3.51. The molecule has 1 heterocycles. The van der Waals surface area contributed by atoms with Crippen molar-refractivity contribution in [1.82, 2.24) is 0 Å². The molecular formula is C16H12BrF2NO3. The van der Waals surface area contributed by atoms with Gasteiger partial charge in [-0.2, -0.15) is 0 Å². The molecule has 0 amide bonds. The van der Waals surface area contributed by atoms with Crippen molar-refractivity contribution in [2.45, 2.75) is 6.42 Å². The number of benzene rings is 2. The van der Waals surface area contributed by atoms with Crippen LogP contribution in [0.15, 0.2) is 28.7 Å². The van der Waals surface area contributed by atoms with E-state index in [4.69, 9.17) is 9.47 Å². The van der Waals surface area contributed by atoms with Crippen molar-refractivity contribution < 1.29 is 23.0 Å². The van der Waals surface area contributed by atoms with Crippen molar-refractivity contribution in [1.29, 1.82) is 0 Å². The first-order valence-corrected chi connectivity index (χ1v) is 7.59. The number of fused-ring (bicyclic) bond motifs is 1. The van der Waals surface area contributed by atoms with Crippen molar-refractivity contribution in [3.8, 4) is 5.75 Å². The van der Waals surface area contributed by atoms with Crippen LogP contribution in [-0.2, 0) is 11.2 Å². The van der Waals surface area contributed by atoms with Gasteiger partial charge < -0.3 is 14.8 Å². The number of ether oxygens (including phenoxy) is 2. The molecule has 120 valence electrons. The average molecular weight is 384 g/mol. The van der Waals surface area contributed by atoms with Crippen LogP contribution in [0.5, 0.6) is 5.75 Å². The number of rotatable bonds is 3. The van der Waals surface area contributed by atoms with Gasteiger partial charge in [-0.3, -0.25) is 0 Å². The Morgan fingerprint density at radius 3 is 2.83 bits per heavy atom. The highest BCUT2D eigenvalue weighted by Gasteiger charge is 2.27. The largest absolute Gasteiger partial charge is 0.490 e. The molecule has 0 fully saturated rings. The predicted octanol–water partition coefficient (Wildman–Crippen LogP) is 4.19. The number of halogens is 3. The summed E-state index contributed by atoms with van der Waals surface area (Å²) < 4.78 is 39.2. The number of hydrogen-bond donors (Lipinski definition) is 1. The topological polar surface area (TPSA) is 47.6 Å². The Labute approximate surface area is 139 Å². The Hall–Kier alpha value is -2.15. The summed E-state index contributed by atoms with van der Waals surface area (Å²) in [5.74, 6) is -1.95. The third kappa shape index (κ3) is 2.88. The molecule has 1 N–H and O–H groups in total. The first-order valence-electron chi connectivity index (χ1n) is 6.80. The van der Waals surface area contributed by atoms with E-state index < -0.39 is 17.6 Å². The average Bonchev–Trinajstić information content (AvgIpc) is 3.00. The highest BCUT2D eigenvalue weighted by molar-refractivity contribution is 9.10. The standard InChI is InChI=1S/C16H12BrF2NO3/c1-22-16(21)10-6-8-4-5-23-15(8)13(19)14(10)20-12-3-2-9(17)7-11(12)18/h2-3,6-7,20H,4-5H2,1H3. The van der Waals surface area contributed by atoms with Gasteiger partial charge >= 0.3 is 5.97 Å². The fourth-order valence-corrected chi connectivity index (χ4v) is 2.74. The lowest BCUT2D eigenvalue weighted by atomic mass is 10.0. The monoisotopic (exact) mass is 383 g/mol. The maximum absolute atomic E-state index is 14.7. The molecule has 0 saturated heterocycles. The van der Waals surface area contributed by atoms with Crippen LogP contribution in [-0.4, -0.2) is 19.7 Å². The van der Waals surface area contributed by atoms with Gasteiger partial charge in [0.25, 0.3) is 0 Å². The summed E-state index contributed by atoms with van der Waals surface area (Å²) >= 11 is 3.15. The fourth-order valence-electron chi connectivity index (χ4n) is 2.41. The molecular weight excluding hydrogens is 372 g/mol. The quantitative estimate of drug-likeness (QED) is 0.807. The minimum absolute atomic E-state index is 0.00318. The number of hydrogen-bond acceptors (Lipinski definition) is 4. The van der Waals surface area contributed by atoms with E-state index in [1.165, 1.54) is 25.3 Å². The van der Waals surface area contributed by atoms with E-state index in [1.807, 2.05) is 0 Å². The van der Waals surface area contributed by atoms with Crippen molar-refractivity contribution >= 4 is 33.3 Å². The molecule has 1 aliphatic rings. The SMILES string of the molecule is COC(=O)c1cc2c(c(F)c1Nc1ccc(Br)cc1F)OCC2. The zero-order valence-corrected chi connectivity index (χ0v) is 13.7. The van der Waals surface area contributed by atoms with Gasteiger partial charge in [-0.15, -0.1) is 0 Å². The Bertz CT molecular complexity index is 795. The van der Waals surface area contributed by atoms with Crippen LogP contribution >= 0.6 is 15.9 Å². The van der Waals surface area contributed by atoms with Crippen LogP contribution in [0, 0.1) is 11.6 Å². The van der Waals surface area contributed by atoms with E-state index >= 15 is 0 Å². The molecule has 0 radical (unpaired) electrons. The number of carbonyl (C=O) groups is 1. The molecule has 0 spiro atoms. The molecule has 0 atom stereocenters. The van der Waals surface area contributed by atoms with Gasteiger partial charge in [0.05, 0.1) is 30.7 Å². The number of methoxy groups -OCH3 is 1. The van der Waals surface area contributed by atoms with Gasteiger partial charge in [0.2, 0.25) is 0 Å². The molecule has 1 aliphatic heterocycles. The maximum Gasteiger partial charge on any atom is 0.340 e. The summed E-state index contributed by atoms with van der Waals surface area (Å²) in [4.78, 5) is 11.9. The Kier molecular flexibility index (Phi) is 4.21. The first-order chi connectivity index (χ1) is 11.0. The van der Waals surface area contributed by atoms with Gasteiger partial charge in [-0.1, -0.05) is 15.9 Å². The van der Waals surface area contributed by atoms with Gasteiger partial charge in [-0.05, 0) is 24.3 Å². The van der Waals surface area contributed by atoms with E-state index in [9.17, 15) is 13.6 Å². The molecule has 23 heavy (non-hydrogen) atoms. The molecule has 4 nitrogen and oxygen atoms in total. The van der Waals surface area contributed by atoms with Crippen molar-refractivity contribution in [2.24, 2.45) is 0 Å². The Balaban J connectivity index is 2.11. The van der Waals surface area contributed by atoms with Crippen LogP contribution in [0.4, 0.5) is 20.2 Å². The van der Waals surface area contributed by atoms with Crippen molar-refractivity contribution in [2.75, 3.05) is 19.0 Å². The summed E-state index contributed by atoms with van der Waals surface area (Å²) in [6, 6.07) is 5.79. The van der Waals surface area contributed by atoms with Gasteiger partial charge in [-0.25, -0.2) is 13.6 Å². The Morgan fingerprint density at radius 2 is 2.13 bits per heavy atom. The number of nitrogens with one attached hydrogen (secondary N) is 1. The lowest BCUT2D eigenvalue weighted by Gasteiger charge is -2.15. The van der Waals surface area contributed by atoms with E-state index in [0.717, 1.165) is 0 Å². The summed E-state index contributed by atoms with van der Waals surface area (Å²) in [7, 11) is 1.20. The van der Waals surface area contributed by atoms with Crippen molar-refractivity contribution in [3.63, 3.8) is 0 Å². The second-order valence-electron chi connectivity index (χ2n) is 4.94. The fraction of sp³-hybridized carbons (Fsp3) is 0.188. The van der Waals surface area contributed by atoms with E-state index in [2.05, 4.69) is 21.2 Å². The van der Waals surface area contributed by atoms with Crippen LogP contribution in [0.1, 0.15) is 15.9 Å². The summed E-state index contributed by atoms with van der Waals surface area (Å²) in [6.07, 6.45) is 0.503. The van der Waals surface area contributed by atoms with Gasteiger partial charge in [0.1, 0.15) is 5.82 Å². The summed E-state index contributed by atoms with van der Waals surface area (Å²) in [5, 5.41) is 2.63. The molecule has 0 unspecified atom stereocenters. The molecule has 2 aromatic rings. The number of carbonyl (C=O) groups excluding carboxylic acids is 1. The molecule has 0 aromatic heterocycles. The normalized spacial score (nSPS) is 12.5. The minimum Gasteiger partial charge on any atom is -0.490 e. The lowest BCUT2D eigenvalue weighted by Crippen LogP contribution is -2.09. The van der Waals surface area contributed by atoms with E-state index in [1.54, 1.807) is 6.07 Å². The Morgan fingerprint density at radius 1 is 1.35 bits per heavy atom. The van der Waals surface area contributed by atoms with Gasteiger partial charge in [0, 0.05) is 16.5 Å². The first kappa shape index (κ1) is 15.7. The molecule has 0 aliphatic carbocycles. The zero-order valence-electron chi connectivity index (χ0n) is 12.1. The maximum atomic E-state index is 14.7. The molecule has 0 saturated carbocycles. The van der Waals surface area contributed by atoms with Crippen LogP contribution in [0.2, 0.25) is 0 Å². The highest BCUT2D eigenvalue weighted by Crippen LogP contribution is 2.38. The summed E-state index contributed by atoms with van der Waals surface area (Å²) in [6.45, 7) is 0.336.